The first-order valence-electron chi connectivity index (χ1n) is 10.4. The van der Waals surface area contributed by atoms with Crippen molar-refractivity contribution < 1.29 is 4.74 Å². The first-order chi connectivity index (χ1) is 14.9. The number of nitrogens with one attached hydrogen (secondary N) is 1. The van der Waals surface area contributed by atoms with E-state index in [9.17, 15) is 0 Å². The van der Waals surface area contributed by atoms with Crippen LogP contribution in [0.5, 0.6) is 0 Å². The first-order valence-corrected chi connectivity index (χ1v) is 11.1. The number of ether oxygens (including phenoxy) is 1. The van der Waals surface area contributed by atoms with Crippen molar-refractivity contribution in [2.24, 2.45) is 0 Å². The molecular formula is C24H27ClN4OS. The van der Waals surface area contributed by atoms with Crippen molar-refractivity contribution in [2.45, 2.75) is 32.9 Å². The molecule has 0 spiro atoms. The van der Waals surface area contributed by atoms with Gasteiger partial charge in [-0.25, -0.2) is 0 Å². The molecule has 4 rings (SSSR count). The fourth-order valence-corrected chi connectivity index (χ4v) is 4.97. The zero-order valence-electron chi connectivity index (χ0n) is 18.2. The standard InChI is InChI=1S/C24H27ClN4OS/c1-15-14-18(17(3)29(15)21-10-7-8-19(25)16(21)2)23-22(20-9-5-6-11-26-20)27-24(31)28(23)12-13-30-4/h5-11,14,22-23H,12-13H2,1-4H3,(H,27,31)/t22-,23+/m0/s1. The van der Waals surface area contributed by atoms with Gasteiger partial charge in [0, 0.05) is 41.9 Å². The molecule has 0 bridgehead atoms. The van der Waals surface area contributed by atoms with Crippen molar-refractivity contribution in [1.29, 1.82) is 0 Å². The zero-order valence-corrected chi connectivity index (χ0v) is 19.8. The minimum Gasteiger partial charge on any atom is -0.383 e. The molecule has 2 atom stereocenters. The van der Waals surface area contributed by atoms with E-state index in [2.05, 4.69) is 52.7 Å². The van der Waals surface area contributed by atoms with Gasteiger partial charge in [-0.1, -0.05) is 23.7 Å². The predicted octanol–water partition coefficient (Wildman–Crippen LogP) is 5.07. The van der Waals surface area contributed by atoms with E-state index in [4.69, 9.17) is 28.6 Å². The van der Waals surface area contributed by atoms with E-state index < -0.39 is 0 Å². The quantitative estimate of drug-likeness (QED) is 0.526. The third-order valence-corrected chi connectivity index (χ3v) is 6.76. The molecule has 0 radical (unpaired) electrons. The summed E-state index contributed by atoms with van der Waals surface area (Å²) in [6.07, 6.45) is 1.83. The molecule has 1 aliphatic heterocycles. The van der Waals surface area contributed by atoms with E-state index in [0.29, 0.717) is 13.2 Å². The number of hydrogen-bond acceptors (Lipinski definition) is 3. The van der Waals surface area contributed by atoms with Crippen molar-refractivity contribution in [2.75, 3.05) is 20.3 Å². The molecular weight excluding hydrogens is 428 g/mol. The summed E-state index contributed by atoms with van der Waals surface area (Å²) in [5.41, 5.74) is 6.68. The molecule has 1 N–H and O–H groups in total. The molecule has 3 aromatic rings. The Morgan fingerprint density at radius 2 is 1.97 bits per heavy atom. The molecule has 0 amide bonds. The van der Waals surface area contributed by atoms with Crippen LogP contribution in [0.4, 0.5) is 0 Å². The van der Waals surface area contributed by atoms with Gasteiger partial charge in [0.2, 0.25) is 0 Å². The molecule has 0 unspecified atom stereocenters. The van der Waals surface area contributed by atoms with Crippen molar-refractivity contribution in [3.05, 3.63) is 81.9 Å². The Kier molecular flexibility index (Phi) is 6.32. The van der Waals surface area contributed by atoms with E-state index in [-0.39, 0.29) is 12.1 Å². The molecule has 1 aliphatic rings. The number of aromatic nitrogens is 2. The highest BCUT2D eigenvalue weighted by Crippen LogP contribution is 2.41. The number of thiocarbonyl (C=S) groups is 1. The summed E-state index contributed by atoms with van der Waals surface area (Å²) in [7, 11) is 1.71. The van der Waals surface area contributed by atoms with Crippen LogP contribution < -0.4 is 5.32 Å². The Hall–Kier alpha value is -2.41. The van der Waals surface area contributed by atoms with Crippen molar-refractivity contribution in [1.82, 2.24) is 19.8 Å². The molecule has 0 saturated carbocycles. The Bertz CT molecular complexity index is 1100. The number of rotatable bonds is 6. The lowest BCUT2D eigenvalue weighted by Crippen LogP contribution is -2.32. The van der Waals surface area contributed by atoms with Crippen molar-refractivity contribution in [3.8, 4) is 5.69 Å². The molecule has 162 valence electrons. The molecule has 7 heteroatoms. The number of nitrogens with zero attached hydrogens (tertiary/aromatic N) is 3. The Morgan fingerprint density at radius 1 is 1.16 bits per heavy atom. The zero-order chi connectivity index (χ0) is 22.1. The van der Waals surface area contributed by atoms with Crippen LogP contribution in [0.3, 0.4) is 0 Å². The van der Waals surface area contributed by atoms with E-state index in [1.54, 1.807) is 7.11 Å². The topological polar surface area (TPSA) is 42.3 Å². The number of pyridine rings is 1. The molecule has 2 aromatic heterocycles. The minimum atomic E-state index is -0.0417. The third-order valence-electron chi connectivity index (χ3n) is 6.00. The number of benzene rings is 1. The SMILES string of the molecule is COCCN1C(=S)N[C@@H](c2ccccn2)[C@H]1c1cc(C)n(-c2cccc(Cl)c2C)c1C. The van der Waals surface area contributed by atoms with Gasteiger partial charge < -0.3 is 19.5 Å². The maximum Gasteiger partial charge on any atom is 0.170 e. The monoisotopic (exact) mass is 454 g/mol. The van der Waals surface area contributed by atoms with Crippen LogP contribution in [0, 0.1) is 20.8 Å². The van der Waals surface area contributed by atoms with Gasteiger partial charge >= 0.3 is 0 Å². The summed E-state index contributed by atoms with van der Waals surface area (Å²) in [5, 5.41) is 4.99. The maximum absolute atomic E-state index is 6.43. The minimum absolute atomic E-state index is 0.0111. The number of aryl methyl sites for hydroxylation is 1. The van der Waals surface area contributed by atoms with Gasteiger partial charge in [-0.15, -0.1) is 0 Å². The summed E-state index contributed by atoms with van der Waals surface area (Å²) in [6, 6.07) is 14.3. The second-order valence-corrected chi connectivity index (χ2v) is 8.65. The molecule has 1 fully saturated rings. The van der Waals surface area contributed by atoms with Crippen molar-refractivity contribution in [3.63, 3.8) is 0 Å². The van der Waals surface area contributed by atoms with Crippen LogP contribution >= 0.6 is 23.8 Å². The summed E-state index contributed by atoms with van der Waals surface area (Å²) in [5.74, 6) is 0. The van der Waals surface area contributed by atoms with Gasteiger partial charge in [0.15, 0.2) is 5.11 Å². The van der Waals surface area contributed by atoms with E-state index in [0.717, 1.165) is 32.8 Å². The molecule has 31 heavy (non-hydrogen) atoms. The Balaban J connectivity index is 1.84. The van der Waals surface area contributed by atoms with Gasteiger partial charge in [0.1, 0.15) is 0 Å². The Morgan fingerprint density at radius 3 is 2.68 bits per heavy atom. The molecule has 3 heterocycles. The lowest BCUT2D eigenvalue weighted by molar-refractivity contribution is 0.164. The van der Waals surface area contributed by atoms with Gasteiger partial charge in [0.25, 0.3) is 0 Å². The fourth-order valence-electron chi connectivity index (χ4n) is 4.47. The highest BCUT2D eigenvalue weighted by atomic mass is 35.5. The van der Waals surface area contributed by atoms with Gasteiger partial charge in [-0.05, 0) is 74.4 Å². The highest BCUT2D eigenvalue weighted by Gasteiger charge is 2.41. The summed E-state index contributed by atoms with van der Waals surface area (Å²) in [6.45, 7) is 7.65. The lowest BCUT2D eigenvalue weighted by Gasteiger charge is -2.28. The summed E-state index contributed by atoms with van der Waals surface area (Å²) < 4.78 is 7.65. The molecule has 0 aliphatic carbocycles. The van der Waals surface area contributed by atoms with Gasteiger partial charge in [0.05, 0.1) is 24.4 Å². The Labute approximate surface area is 194 Å². The van der Waals surface area contributed by atoms with Gasteiger partial charge in [-0.3, -0.25) is 4.98 Å². The van der Waals surface area contributed by atoms with Gasteiger partial charge in [-0.2, -0.15) is 0 Å². The highest BCUT2D eigenvalue weighted by molar-refractivity contribution is 7.80. The van der Waals surface area contributed by atoms with Crippen LogP contribution in [-0.2, 0) is 4.74 Å². The van der Waals surface area contributed by atoms with Crippen LogP contribution in [0.15, 0.2) is 48.7 Å². The maximum atomic E-state index is 6.43. The second-order valence-electron chi connectivity index (χ2n) is 7.86. The predicted molar refractivity (Wildman–Crippen MR) is 129 cm³/mol. The average Bonchev–Trinajstić information content (AvgIpc) is 3.24. The van der Waals surface area contributed by atoms with E-state index in [1.165, 1.54) is 11.3 Å². The second kappa shape index (κ2) is 8.99. The number of hydrogen-bond donors (Lipinski definition) is 1. The number of methoxy groups -OCH3 is 1. The smallest absolute Gasteiger partial charge is 0.170 e. The molecule has 1 saturated heterocycles. The van der Waals surface area contributed by atoms with Crippen LogP contribution in [0.1, 0.15) is 40.3 Å². The fraction of sp³-hybridized carbons (Fsp3) is 0.333. The van der Waals surface area contributed by atoms with Crippen LogP contribution in [-0.4, -0.2) is 39.8 Å². The largest absolute Gasteiger partial charge is 0.383 e. The van der Waals surface area contributed by atoms with Crippen molar-refractivity contribution >= 4 is 28.9 Å². The summed E-state index contributed by atoms with van der Waals surface area (Å²) in [4.78, 5) is 6.84. The first kappa shape index (κ1) is 21.8. The average molecular weight is 455 g/mol. The van der Waals surface area contributed by atoms with Crippen LogP contribution in [0.2, 0.25) is 5.02 Å². The summed E-state index contributed by atoms with van der Waals surface area (Å²) >= 11 is 12.2. The van der Waals surface area contributed by atoms with Crippen LogP contribution in [0.25, 0.3) is 5.69 Å². The molecule has 1 aromatic carbocycles. The lowest BCUT2D eigenvalue weighted by atomic mass is 9.97. The van der Waals surface area contributed by atoms with E-state index >= 15 is 0 Å². The number of halogens is 1. The normalized spacial score (nSPS) is 18.5. The van der Waals surface area contributed by atoms with E-state index in [1.807, 2.05) is 36.5 Å². The molecule has 5 nitrogen and oxygen atoms in total. The third kappa shape index (κ3) is 3.95.